The molecular formula is C13H19ClN2O2. The number of carbonyl (C=O) groups excluding carboxylic acids is 1. The van der Waals surface area contributed by atoms with Crippen molar-refractivity contribution < 1.29 is 9.53 Å². The van der Waals surface area contributed by atoms with Crippen molar-refractivity contribution in [3.05, 3.63) is 29.0 Å². The lowest BCUT2D eigenvalue weighted by Crippen LogP contribution is -2.40. The number of nitrogens with zero attached hydrogens (tertiary/aromatic N) is 2. The summed E-state index contributed by atoms with van der Waals surface area (Å²) in [7, 11) is 1.62. The third-order valence-electron chi connectivity index (χ3n) is 2.92. The van der Waals surface area contributed by atoms with Gasteiger partial charge in [0.1, 0.15) is 0 Å². The quantitative estimate of drug-likeness (QED) is 0.798. The van der Waals surface area contributed by atoms with Crippen LogP contribution in [0.2, 0.25) is 5.02 Å². The van der Waals surface area contributed by atoms with E-state index in [4.69, 9.17) is 16.3 Å². The number of hydrogen-bond acceptors (Lipinski definition) is 3. The summed E-state index contributed by atoms with van der Waals surface area (Å²) in [5, 5.41) is 0.383. The minimum atomic E-state index is -0.0752. The highest BCUT2D eigenvalue weighted by molar-refractivity contribution is 6.33. The zero-order valence-electron chi connectivity index (χ0n) is 11.0. The van der Waals surface area contributed by atoms with Crippen molar-refractivity contribution >= 4 is 17.5 Å². The Labute approximate surface area is 113 Å². The van der Waals surface area contributed by atoms with Crippen LogP contribution < -0.4 is 0 Å². The SMILES string of the molecule is CCC(C)N(CCOC)C(=O)c1ccncc1Cl. The maximum Gasteiger partial charge on any atom is 0.255 e. The molecule has 1 aromatic heterocycles. The summed E-state index contributed by atoms with van der Waals surface area (Å²) in [5.41, 5.74) is 0.489. The molecule has 18 heavy (non-hydrogen) atoms. The summed E-state index contributed by atoms with van der Waals surface area (Å²) in [6, 6.07) is 1.80. The Bertz CT molecular complexity index is 398. The van der Waals surface area contributed by atoms with E-state index in [-0.39, 0.29) is 11.9 Å². The van der Waals surface area contributed by atoms with Gasteiger partial charge in [-0.15, -0.1) is 0 Å². The monoisotopic (exact) mass is 270 g/mol. The van der Waals surface area contributed by atoms with E-state index in [0.717, 1.165) is 6.42 Å². The molecule has 0 fully saturated rings. The zero-order chi connectivity index (χ0) is 13.5. The Kier molecular flexibility index (Phi) is 6.09. The van der Waals surface area contributed by atoms with Crippen molar-refractivity contribution in [2.45, 2.75) is 26.3 Å². The van der Waals surface area contributed by atoms with Crippen molar-refractivity contribution in [3.8, 4) is 0 Å². The number of ether oxygens (including phenoxy) is 1. The van der Waals surface area contributed by atoms with Crippen LogP contribution in [0.15, 0.2) is 18.5 Å². The molecule has 0 aliphatic carbocycles. The van der Waals surface area contributed by atoms with Gasteiger partial charge in [-0.3, -0.25) is 9.78 Å². The minimum absolute atomic E-state index is 0.0752. The number of carbonyl (C=O) groups is 1. The molecular weight excluding hydrogens is 252 g/mol. The van der Waals surface area contributed by atoms with Crippen LogP contribution in [0.4, 0.5) is 0 Å². The lowest BCUT2D eigenvalue weighted by molar-refractivity contribution is 0.0614. The van der Waals surface area contributed by atoms with Gasteiger partial charge in [0.15, 0.2) is 0 Å². The molecule has 1 unspecified atom stereocenters. The van der Waals surface area contributed by atoms with Gasteiger partial charge in [-0.25, -0.2) is 0 Å². The van der Waals surface area contributed by atoms with Gasteiger partial charge in [-0.1, -0.05) is 18.5 Å². The van der Waals surface area contributed by atoms with Gasteiger partial charge in [0.2, 0.25) is 0 Å². The summed E-state index contributed by atoms with van der Waals surface area (Å²) in [6.45, 7) is 5.14. The Hall–Kier alpha value is -1.13. The second-order valence-electron chi connectivity index (χ2n) is 4.10. The molecule has 0 aromatic carbocycles. The molecule has 0 N–H and O–H groups in total. The number of methoxy groups -OCH3 is 1. The minimum Gasteiger partial charge on any atom is -0.383 e. The first-order valence-corrected chi connectivity index (χ1v) is 6.39. The summed E-state index contributed by atoms with van der Waals surface area (Å²) < 4.78 is 5.04. The molecule has 5 heteroatoms. The third-order valence-corrected chi connectivity index (χ3v) is 3.22. The van der Waals surface area contributed by atoms with Crippen LogP contribution in [-0.4, -0.2) is 42.1 Å². The Morgan fingerprint density at radius 3 is 2.89 bits per heavy atom. The van der Waals surface area contributed by atoms with Gasteiger partial charge in [-0.05, 0) is 19.4 Å². The predicted octanol–water partition coefficient (Wildman–Crippen LogP) is 2.62. The van der Waals surface area contributed by atoms with Crippen molar-refractivity contribution in [1.82, 2.24) is 9.88 Å². The van der Waals surface area contributed by atoms with Crippen molar-refractivity contribution in [2.75, 3.05) is 20.3 Å². The van der Waals surface area contributed by atoms with Gasteiger partial charge in [0.05, 0.1) is 17.2 Å². The zero-order valence-corrected chi connectivity index (χ0v) is 11.8. The molecule has 0 aliphatic rings. The van der Waals surface area contributed by atoms with E-state index in [2.05, 4.69) is 4.98 Å². The first-order chi connectivity index (χ1) is 8.61. The Balaban J connectivity index is 2.91. The second-order valence-corrected chi connectivity index (χ2v) is 4.51. The largest absolute Gasteiger partial charge is 0.383 e. The molecule has 1 aromatic rings. The fraction of sp³-hybridized carbons (Fsp3) is 0.538. The highest BCUT2D eigenvalue weighted by Crippen LogP contribution is 2.17. The predicted molar refractivity (Wildman–Crippen MR) is 71.9 cm³/mol. The molecule has 100 valence electrons. The molecule has 0 saturated heterocycles. The average molecular weight is 271 g/mol. The van der Waals surface area contributed by atoms with Crippen LogP contribution >= 0.6 is 11.6 Å². The molecule has 0 aliphatic heterocycles. The van der Waals surface area contributed by atoms with Gasteiger partial charge < -0.3 is 9.64 Å². The van der Waals surface area contributed by atoms with E-state index in [1.807, 2.05) is 13.8 Å². The molecule has 1 atom stereocenters. The molecule has 1 amide bonds. The summed E-state index contributed by atoms with van der Waals surface area (Å²) in [6.07, 6.45) is 3.95. The molecule has 4 nitrogen and oxygen atoms in total. The Morgan fingerprint density at radius 1 is 1.61 bits per heavy atom. The first-order valence-electron chi connectivity index (χ1n) is 6.01. The number of amides is 1. The molecule has 0 spiro atoms. The van der Waals surface area contributed by atoms with E-state index in [1.54, 1.807) is 24.3 Å². The highest BCUT2D eigenvalue weighted by atomic mass is 35.5. The number of aromatic nitrogens is 1. The second kappa shape index (κ2) is 7.34. The summed E-state index contributed by atoms with van der Waals surface area (Å²) in [4.78, 5) is 18.1. The van der Waals surface area contributed by atoms with Gasteiger partial charge in [0, 0.05) is 32.1 Å². The van der Waals surface area contributed by atoms with Crippen molar-refractivity contribution in [3.63, 3.8) is 0 Å². The fourth-order valence-corrected chi connectivity index (χ4v) is 1.84. The molecule has 1 rings (SSSR count). The molecule has 0 saturated carbocycles. The first kappa shape index (κ1) is 14.9. The lowest BCUT2D eigenvalue weighted by atomic mass is 10.1. The standard InChI is InChI=1S/C13H19ClN2O2/c1-4-10(2)16(7-8-18-3)13(17)11-5-6-15-9-12(11)14/h5-6,9-10H,4,7-8H2,1-3H3. The van der Waals surface area contributed by atoms with Crippen molar-refractivity contribution in [1.29, 1.82) is 0 Å². The average Bonchev–Trinajstić information content (AvgIpc) is 2.39. The van der Waals surface area contributed by atoms with Gasteiger partial charge in [-0.2, -0.15) is 0 Å². The van der Waals surface area contributed by atoms with E-state index in [9.17, 15) is 4.79 Å². The van der Waals surface area contributed by atoms with E-state index in [0.29, 0.717) is 23.7 Å². The third kappa shape index (κ3) is 3.68. The number of halogens is 1. The number of pyridine rings is 1. The van der Waals surface area contributed by atoms with E-state index >= 15 is 0 Å². The normalized spacial score (nSPS) is 12.2. The number of rotatable bonds is 6. The molecule has 0 bridgehead atoms. The van der Waals surface area contributed by atoms with Crippen LogP contribution in [0.5, 0.6) is 0 Å². The van der Waals surface area contributed by atoms with Crippen LogP contribution in [-0.2, 0) is 4.74 Å². The van der Waals surface area contributed by atoms with Gasteiger partial charge in [0.25, 0.3) is 5.91 Å². The molecule has 0 radical (unpaired) electrons. The van der Waals surface area contributed by atoms with Crippen LogP contribution in [0.1, 0.15) is 30.6 Å². The van der Waals surface area contributed by atoms with Gasteiger partial charge >= 0.3 is 0 Å². The maximum atomic E-state index is 12.4. The van der Waals surface area contributed by atoms with Crippen LogP contribution in [0.3, 0.4) is 0 Å². The Morgan fingerprint density at radius 2 is 2.33 bits per heavy atom. The summed E-state index contributed by atoms with van der Waals surface area (Å²) in [5.74, 6) is -0.0752. The maximum absolute atomic E-state index is 12.4. The summed E-state index contributed by atoms with van der Waals surface area (Å²) >= 11 is 6.00. The number of hydrogen-bond donors (Lipinski definition) is 0. The van der Waals surface area contributed by atoms with Crippen molar-refractivity contribution in [2.24, 2.45) is 0 Å². The smallest absolute Gasteiger partial charge is 0.255 e. The van der Waals surface area contributed by atoms with E-state index in [1.165, 1.54) is 6.20 Å². The highest BCUT2D eigenvalue weighted by Gasteiger charge is 2.21. The lowest BCUT2D eigenvalue weighted by Gasteiger charge is -2.28. The van der Waals surface area contributed by atoms with E-state index < -0.39 is 0 Å². The van der Waals surface area contributed by atoms with Crippen LogP contribution in [0, 0.1) is 0 Å². The topological polar surface area (TPSA) is 42.4 Å². The van der Waals surface area contributed by atoms with Crippen LogP contribution in [0.25, 0.3) is 0 Å². The fourth-order valence-electron chi connectivity index (χ4n) is 1.64. The molecule has 1 heterocycles.